The zero-order chi connectivity index (χ0) is 11.0. The Balaban J connectivity index is 2.76. The Labute approximate surface area is 86.4 Å². The van der Waals surface area contributed by atoms with Gasteiger partial charge in [-0.05, 0) is 6.07 Å². The molecule has 1 amide bonds. The van der Waals surface area contributed by atoms with Crippen molar-refractivity contribution in [3.63, 3.8) is 0 Å². The van der Waals surface area contributed by atoms with Gasteiger partial charge in [-0.3, -0.25) is 9.48 Å². The van der Waals surface area contributed by atoms with Gasteiger partial charge in [0.25, 0.3) is 5.91 Å². The van der Waals surface area contributed by atoms with Crippen LogP contribution in [0.2, 0.25) is 0 Å². The van der Waals surface area contributed by atoms with Crippen LogP contribution in [-0.4, -0.2) is 22.8 Å². The highest BCUT2D eigenvalue weighted by molar-refractivity contribution is 6.00. The van der Waals surface area contributed by atoms with Crippen LogP contribution in [0.1, 0.15) is 10.4 Å². The van der Waals surface area contributed by atoms with Crippen LogP contribution in [0.4, 0.5) is 0 Å². The summed E-state index contributed by atoms with van der Waals surface area (Å²) < 4.78 is 6.81. The molecular weight excluding hydrogens is 194 g/mol. The highest BCUT2D eigenvalue weighted by atomic mass is 16.5. The van der Waals surface area contributed by atoms with E-state index in [4.69, 9.17) is 10.5 Å². The summed E-state index contributed by atoms with van der Waals surface area (Å²) in [6.45, 7) is 0. The van der Waals surface area contributed by atoms with Crippen molar-refractivity contribution in [3.8, 4) is 5.75 Å². The number of rotatable bonds is 2. The van der Waals surface area contributed by atoms with Gasteiger partial charge in [-0.25, -0.2) is 0 Å². The number of hydrogen-bond acceptors (Lipinski definition) is 3. The fourth-order valence-electron chi connectivity index (χ4n) is 1.54. The minimum absolute atomic E-state index is 0.373. The topological polar surface area (TPSA) is 70.1 Å². The van der Waals surface area contributed by atoms with Crippen molar-refractivity contribution in [2.75, 3.05) is 7.11 Å². The van der Waals surface area contributed by atoms with Crippen molar-refractivity contribution >= 4 is 16.8 Å². The highest BCUT2D eigenvalue weighted by Gasteiger charge is 2.12. The summed E-state index contributed by atoms with van der Waals surface area (Å²) in [5.74, 6) is -0.0313. The maximum absolute atomic E-state index is 11.1. The van der Waals surface area contributed by atoms with Crippen LogP contribution in [0.3, 0.4) is 0 Å². The maximum Gasteiger partial charge on any atom is 0.252 e. The number of aromatic nitrogens is 2. The quantitative estimate of drug-likeness (QED) is 0.783. The van der Waals surface area contributed by atoms with E-state index in [1.807, 2.05) is 7.05 Å². The molecule has 0 atom stereocenters. The Morgan fingerprint density at radius 2 is 2.27 bits per heavy atom. The summed E-state index contributed by atoms with van der Waals surface area (Å²) in [5, 5.41) is 4.95. The van der Waals surface area contributed by atoms with Crippen LogP contribution < -0.4 is 10.5 Å². The van der Waals surface area contributed by atoms with Gasteiger partial charge in [0, 0.05) is 18.5 Å². The Morgan fingerprint density at radius 1 is 1.53 bits per heavy atom. The number of aryl methyl sites for hydroxylation is 1. The first-order valence-corrected chi connectivity index (χ1v) is 4.43. The third-order valence-electron chi connectivity index (χ3n) is 2.33. The summed E-state index contributed by atoms with van der Waals surface area (Å²) in [4.78, 5) is 11.1. The molecule has 2 N–H and O–H groups in total. The van der Waals surface area contributed by atoms with Gasteiger partial charge in [-0.2, -0.15) is 5.10 Å². The molecule has 0 aliphatic rings. The van der Waals surface area contributed by atoms with E-state index >= 15 is 0 Å². The Kier molecular flexibility index (Phi) is 2.07. The van der Waals surface area contributed by atoms with E-state index in [1.165, 1.54) is 7.11 Å². The average Bonchev–Trinajstić information content (AvgIpc) is 2.58. The minimum atomic E-state index is -0.502. The molecule has 0 radical (unpaired) electrons. The van der Waals surface area contributed by atoms with E-state index in [0.29, 0.717) is 11.3 Å². The Morgan fingerprint density at radius 3 is 2.87 bits per heavy atom. The number of primary amides is 1. The normalized spacial score (nSPS) is 10.5. The number of carbonyl (C=O) groups excluding carboxylic acids is 1. The van der Waals surface area contributed by atoms with Crippen LogP contribution in [0.15, 0.2) is 18.3 Å². The second-order valence-corrected chi connectivity index (χ2v) is 3.24. The molecule has 0 fully saturated rings. The van der Waals surface area contributed by atoms with Crippen LogP contribution in [0.5, 0.6) is 5.75 Å². The van der Waals surface area contributed by atoms with E-state index in [0.717, 1.165) is 10.9 Å². The van der Waals surface area contributed by atoms with Crippen LogP contribution >= 0.6 is 0 Å². The first-order chi connectivity index (χ1) is 7.13. The molecule has 5 heteroatoms. The largest absolute Gasteiger partial charge is 0.496 e. The number of carbonyl (C=O) groups is 1. The summed E-state index contributed by atoms with van der Waals surface area (Å²) in [7, 11) is 3.33. The second-order valence-electron chi connectivity index (χ2n) is 3.24. The highest BCUT2D eigenvalue weighted by Crippen LogP contribution is 2.24. The van der Waals surface area contributed by atoms with E-state index in [1.54, 1.807) is 23.0 Å². The molecule has 2 rings (SSSR count). The summed E-state index contributed by atoms with van der Waals surface area (Å²) >= 11 is 0. The molecular formula is C10H11N3O2. The standard InChI is InChI=1S/C10H11N3O2/c1-13-8-4-9(15-2)7(10(11)14)3-6(8)5-12-13/h3-5H,1-2H3,(H2,11,14). The van der Waals surface area contributed by atoms with Gasteiger partial charge in [0.2, 0.25) is 0 Å². The molecule has 0 saturated carbocycles. The maximum atomic E-state index is 11.1. The lowest BCUT2D eigenvalue weighted by atomic mass is 10.1. The van der Waals surface area contributed by atoms with Crippen molar-refractivity contribution in [2.45, 2.75) is 0 Å². The summed E-state index contributed by atoms with van der Waals surface area (Å²) in [6.07, 6.45) is 1.68. The lowest BCUT2D eigenvalue weighted by Gasteiger charge is -2.05. The molecule has 0 unspecified atom stereocenters. The number of ether oxygens (including phenoxy) is 1. The Bertz CT molecular complexity index is 531. The third-order valence-corrected chi connectivity index (χ3v) is 2.33. The molecule has 1 heterocycles. The zero-order valence-electron chi connectivity index (χ0n) is 8.52. The zero-order valence-corrected chi connectivity index (χ0v) is 8.52. The lowest BCUT2D eigenvalue weighted by Crippen LogP contribution is -2.12. The van der Waals surface area contributed by atoms with E-state index in [-0.39, 0.29) is 0 Å². The smallest absolute Gasteiger partial charge is 0.252 e. The van der Waals surface area contributed by atoms with Crippen LogP contribution in [-0.2, 0) is 7.05 Å². The van der Waals surface area contributed by atoms with Crippen molar-refractivity contribution in [2.24, 2.45) is 12.8 Å². The number of amides is 1. The molecule has 15 heavy (non-hydrogen) atoms. The fourth-order valence-corrected chi connectivity index (χ4v) is 1.54. The molecule has 78 valence electrons. The monoisotopic (exact) mass is 205 g/mol. The first-order valence-electron chi connectivity index (χ1n) is 4.43. The van der Waals surface area contributed by atoms with Gasteiger partial charge in [0.05, 0.1) is 24.4 Å². The SMILES string of the molecule is COc1cc2c(cnn2C)cc1C(N)=O. The van der Waals surface area contributed by atoms with E-state index < -0.39 is 5.91 Å². The molecule has 2 aromatic rings. The predicted octanol–water partition coefficient (Wildman–Crippen LogP) is 0.681. The van der Waals surface area contributed by atoms with Gasteiger partial charge in [-0.1, -0.05) is 0 Å². The number of methoxy groups -OCH3 is 1. The van der Waals surface area contributed by atoms with Crippen molar-refractivity contribution in [1.82, 2.24) is 9.78 Å². The van der Waals surface area contributed by atoms with Crippen molar-refractivity contribution in [1.29, 1.82) is 0 Å². The number of nitrogens with zero attached hydrogens (tertiary/aromatic N) is 2. The molecule has 1 aromatic heterocycles. The van der Waals surface area contributed by atoms with Gasteiger partial charge in [-0.15, -0.1) is 0 Å². The molecule has 0 saturated heterocycles. The van der Waals surface area contributed by atoms with Crippen LogP contribution in [0.25, 0.3) is 10.9 Å². The lowest BCUT2D eigenvalue weighted by molar-refractivity contribution is 0.0997. The third kappa shape index (κ3) is 1.41. The second kappa shape index (κ2) is 3.27. The van der Waals surface area contributed by atoms with Crippen LogP contribution in [0, 0.1) is 0 Å². The fraction of sp³-hybridized carbons (Fsp3) is 0.200. The number of nitrogens with two attached hydrogens (primary N) is 1. The van der Waals surface area contributed by atoms with Gasteiger partial charge in [0.1, 0.15) is 5.75 Å². The molecule has 5 nitrogen and oxygen atoms in total. The Hall–Kier alpha value is -2.04. The molecule has 1 aromatic carbocycles. The van der Waals surface area contributed by atoms with E-state index in [2.05, 4.69) is 5.10 Å². The van der Waals surface area contributed by atoms with Crippen molar-refractivity contribution in [3.05, 3.63) is 23.9 Å². The summed E-state index contributed by atoms with van der Waals surface area (Å²) in [5.41, 5.74) is 6.51. The number of benzene rings is 1. The first kappa shape index (κ1) is 9.51. The summed E-state index contributed by atoms with van der Waals surface area (Å²) in [6, 6.07) is 3.44. The minimum Gasteiger partial charge on any atom is -0.496 e. The van der Waals surface area contributed by atoms with E-state index in [9.17, 15) is 4.79 Å². The molecule has 0 bridgehead atoms. The number of hydrogen-bond donors (Lipinski definition) is 1. The molecule has 0 aliphatic heterocycles. The number of fused-ring (bicyclic) bond motifs is 1. The van der Waals surface area contributed by atoms with Gasteiger partial charge in [0.15, 0.2) is 0 Å². The van der Waals surface area contributed by atoms with Gasteiger partial charge >= 0.3 is 0 Å². The predicted molar refractivity (Wildman–Crippen MR) is 55.8 cm³/mol. The molecule has 0 aliphatic carbocycles. The van der Waals surface area contributed by atoms with Gasteiger partial charge < -0.3 is 10.5 Å². The van der Waals surface area contributed by atoms with Crippen molar-refractivity contribution < 1.29 is 9.53 Å². The average molecular weight is 205 g/mol. The molecule has 0 spiro atoms.